The molecule has 98 valence electrons. The van der Waals surface area contributed by atoms with Gasteiger partial charge >= 0.3 is 0 Å². The highest BCUT2D eigenvalue weighted by Crippen LogP contribution is 2.15. The SMILES string of the molecule is CN1CCCC(N(C)C(=O)c2cnc(Cl)cn2)C1. The average Bonchev–Trinajstić information content (AvgIpc) is 2.38. The molecule has 6 heteroatoms. The van der Waals surface area contributed by atoms with Gasteiger partial charge in [-0.25, -0.2) is 9.97 Å². The molecule has 0 aliphatic carbocycles. The van der Waals surface area contributed by atoms with Crippen molar-refractivity contribution < 1.29 is 4.79 Å². The molecule has 0 radical (unpaired) electrons. The molecule has 0 N–H and O–H groups in total. The zero-order valence-corrected chi connectivity index (χ0v) is 11.4. The lowest BCUT2D eigenvalue weighted by Gasteiger charge is -2.35. The molecule has 2 rings (SSSR count). The number of likely N-dealkylation sites (tertiary alicyclic amines) is 1. The number of carbonyl (C=O) groups is 1. The number of hydrogen-bond acceptors (Lipinski definition) is 4. The van der Waals surface area contributed by atoms with Crippen LogP contribution in [-0.2, 0) is 0 Å². The Labute approximate surface area is 112 Å². The summed E-state index contributed by atoms with van der Waals surface area (Å²) in [6.45, 7) is 2.00. The number of carbonyl (C=O) groups excluding carboxylic acids is 1. The highest BCUT2D eigenvalue weighted by atomic mass is 35.5. The summed E-state index contributed by atoms with van der Waals surface area (Å²) in [4.78, 5) is 24.1. The van der Waals surface area contributed by atoms with Crippen LogP contribution >= 0.6 is 11.6 Å². The normalized spacial score (nSPS) is 20.7. The lowest BCUT2D eigenvalue weighted by Crippen LogP contribution is -2.47. The molecule has 1 aromatic rings. The van der Waals surface area contributed by atoms with Crippen LogP contribution in [0.5, 0.6) is 0 Å². The number of hydrogen-bond donors (Lipinski definition) is 0. The van der Waals surface area contributed by atoms with Gasteiger partial charge in [-0.3, -0.25) is 4.79 Å². The first-order valence-corrected chi connectivity index (χ1v) is 6.39. The quantitative estimate of drug-likeness (QED) is 0.811. The molecule has 2 heterocycles. The molecule has 1 fully saturated rings. The fourth-order valence-corrected chi connectivity index (χ4v) is 2.32. The van der Waals surface area contributed by atoms with Crippen LogP contribution in [0.25, 0.3) is 0 Å². The van der Waals surface area contributed by atoms with Crippen LogP contribution in [0.1, 0.15) is 23.3 Å². The zero-order valence-electron chi connectivity index (χ0n) is 10.6. The van der Waals surface area contributed by atoms with Gasteiger partial charge in [0.1, 0.15) is 10.8 Å². The van der Waals surface area contributed by atoms with Crippen LogP contribution in [0.15, 0.2) is 12.4 Å². The second-order valence-electron chi connectivity index (χ2n) is 4.70. The van der Waals surface area contributed by atoms with Gasteiger partial charge in [-0.15, -0.1) is 0 Å². The van der Waals surface area contributed by atoms with E-state index in [0.717, 1.165) is 25.9 Å². The summed E-state index contributed by atoms with van der Waals surface area (Å²) in [7, 11) is 3.90. The molecule has 1 unspecified atom stereocenters. The maximum atomic E-state index is 12.2. The molecule has 5 nitrogen and oxygen atoms in total. The lowest BCUT2D eigenvalue weighted by atomic mass is 10.0. The Bertz CT molecular complexity index is 423. The lowest BCUT2D eigenvalue weighted by molar-refractivity contribution is 0.0638. The third kappa shape index (κ3) is 2.97. The molecule has 0 aromatic carbocycles. The van der Waals surface area contributed by atoms with Crippen molar-refractivity contribution in [2.45, 2.75) is 18.9 Å². The minimum Gasteiger partial charge on any atom is -0.336 e. The number of nitrogens with zero attached hydrogens (tertiary/aromatic N) is 4. The monoisotopic (exact) mass is 268 g/mol. The Morgan fingerprint density at radius 2 is 2.28 bits per heavy atom. The van der Waals surface area contributed by atoms with Gasteiger partial charge in [-0.05, 0) is 26.4 Å². The molecule has 0 saturated carbocycles. The third-order valence-corrected chi connectivity index (χ3v) is 3.50. The maximum absolute atomic E-state index is 12.2. The van der Waals surface area contributed by atoms with Crippen molar-refractivity contribution in [3.05, 3.63) is 23.2 Å². The van der Waals surface area contributed by atoms with E-state index in [-0.39, 0.29) is 11.9 Å². The smallest absolute Gasteiger partial charge is 0.274 e. The predicted molar refractivity (Wildman–Crippen MR) is 69.7 cm³/mol. The molecule has 1 aliphatic heterocycles. The molecular weight excluding hydrogens is 252 g/mol. The molecule has 1 amide bonds. The number of piperidine rings is 1. The molecule has 1 aromatic heterocycles. The maximum Gasteiger partial charge on any atom is 0.274 e. The van der Waals surface area contributed by atoms with Crippen LogP contribution in [0.2, 0.25) is 5.15 Å². The van der Waals surface area contributed by atoms with Gasteiger partial charge in [0, 0.05) is 19.6 Å². The standard InChI is InChI=1S/C12H17ClN4O/c1-16-5-3-4-9(8-16)17(2)12(18)10-6-15-11(13)7-14-10/h6-7,9H,3-5,8H2,1-2H3. The fraction of sp³-hybridized carbons (Fsp3) is 0.583. The topological polar surface area (TPSA) is 49.3 Å². The highest BCUT2D eigenvalue weighted by molar-refractivity contribution is 6.29. The van der Waals surface area contributed by atoms with E-state index in [1.165, 1.54) is 12.4 Å². The number of rotatable bonds is 2. The van der Waals surface area contributed by atoms with E-state index in [4.69, 9.17) is 11.6 Å². The van der Waals surface area contributed by atoms with Crippen molar-refractivity contribution in [2.75, 3.05) is 27.2 Å². The summed E-state index contributed by atoms with van der Waals surface area (Å²) < 4.78 is 0. The number of aromatic nitrogens is 2. The van der Waals surface area contributed by atoms with E-state index in [2.05, 4.69) is 21.9 Å². The van der Waals surface area contributed by atoms with Crippen molar-refractivity contribution in [3.63, 3.8) is 0 Å². The van der Waals surface area contributed by atoms with Crippen molar-refractivity contribution >= 4 is 17.5 Å². The van der Waals surface area contributed by atoms with Gasteiger partial charge in [0.05, 0.1) is 12.4 Å². The van der Waals surface area contributed by atoms with Crippen LogP contribution in [0.3, 0.4) is 0 Å². The molecule has 18 heavy (non-hydrogen) atoms. The van der Waals surface area contributed by atoms with Gasteiger partial charge in [-0.2, -0.15) is 0 Å². The summed E-state index contributed by atoms with van der Waals surface area (Å²) in [6, 6.07) is 0.244. The number of amides is 1. The second kappa shape index (κ2) is 5.63. The fourth-order valence-electron chi connectivity index (χ4n) is 2.22. The van der Waals surface area contributed by atoms with E-state index in [9.17, 15) is 4.79 Å². The van der Waals surface area contributed by atoms with E-state index in [0.29, 0.717) is 10.8 Å². The summed E-state index contributed by atoms with van der Waals surface area (Å²) >= 11 is 5.66. The van der Waals surface area contributed by atoms with Crippen molar-refractivity contribution in [1.82, 2.24) is 19.8 Å². The zero-order chi connectivity index (χ0) is 13.1. The van der Waals surface area contributed by atoms with Gasteiger partial charge in [0.2, 0.25) is 0 Å². The number of halogens is 1. The molecule has 1 saturated heterocycles. The molecule has 0 spiro atoms. The van der Waals surface area contributed by atoms with Gasteiger partial charge in [0.15, 0.2) is 0 Å². The molecular formula is C12H17ClN4O. The Kier molecular flexibility index (Phi) is 4.14. The first-order chi connectivity index (χ1) is 8.58. The van der Waals surface area contributed by atoms with Crippen LogP contribution in [0, 0.1) is 0 Å². The van der Waals surface area contributed by atoms with Gasteiger partial charge in [0.25, 0.3) is 5.91 Å². The molecule has 1 atom stereocenters. The predicted octanol–water partition coefficient (Wildman–Crippen LogP) is 1.30. The van der Waals surface area contributed by atoms with Gasteiger partial charge < -0.3 is 9.80 Å². The van der Waals surface area contributed by atoms with E-state index in [1.54, 1.807) is 4.90 Å². The summed E-state index contributed by atoms with van der Waals surface area (Å²) in [5.74, 6) is -0.0977. The summed E-state index contributed by atoms with van der Waals surface area (Å²) in [5, 5.41) is 0.298. The van der Waals surface area contributed by atoms with Crippen molar-refractivity contribution in [2.24, 2.45) is 0 Å². The Balaban J connectivity index is 2.06. The van der Waals surface area contributed by atoms with Crippen LogP contribution in [0.4, 0.5) is 0 Å². The summed E-state index contributed by atoms with van der Waals surface area (Å²) in [6.07, 6.45) is 4.97. The Morgan fingerprint density at radius 3 is 2.89 bits per heavy atom. The van der Waals surface area contributed by atoms with Crippen molar-refractivity contribution in [1.29, 1.82) is 0 Å². The second-order valence-corrected chi connectivity index (χ2v) is 5.09. The van der Waals surface area contributed by atoms with Crippen molar-refractivity contribution in [3.8, 4) is 0 Å². The number of likely N-dealkylation sites (N-methyl/N-ethyl adjacent to an activating group) is 2. The van der Waals surface area contributed by atoms with E-state index < -0.39 is 0 Å². The Hall–Kier alpha value is -1.20. The minimum absolute atomic E-state index is 0.0977. The minimum atomic E-state index is -0.0977. The Morgan fingerprint density at radius 1 is 1.50 bits per heavy atom. The molecule has 0 bridgehead atoms. The first-order valence-electron chi connectivity index (χ1n) is 6.01. The highest BCUT2D eigenvalue weighted by Gasteiger charge is 2.25. The third-order valence-electron chi connectivity index (χ3n) is 3.31. The summed E-state index contributed by atoms with van der Waals surface area (Å²) in [5.41, 5.74) is 0.343. The van der Waals surface area contributed by atoms with Crippen LogP contribution in [-0.4, -0.2) is 58.9 Å². The first kappa shape index (κ1) is 13.2. The van der Waals surface area contributed by atoms with Crippen LogP contribution < -0.4 is 0 Å². The largest absolute Gasteiger partial charge is 0.336 e. The van der Waals surface area contributed by atoms with Gasteiger partial charge in [-0.1, -0.05) is 11.6 Å². The van der Waals surface area contributed by atoms with E-state index >= 15 is 0 Å². The average molecular weight is 269 g/mol. The molecule has 1 aliphatic rings. The van der Waals surface area contributed by atoms with E-state index in [1.807, 2.05) is 7.05 Å².